The van der Waals surface area contributed by atoms with Gasteiger partial charge in [0.2, 0.25) is 0 Å². The zero-order chi connectivity index (χ0) is 10.1. The standard InChI is InChI=1S/C10H12N4/c1-7-3-4-8(5-9(7)11)10-6-12-13-14(10)2/h3-6H,11H2,1-2H3. The van der Waals surface area contributed by atoms with Crippen molar-refractivity contribution in [1.82, 2.24) is 15.0 Å². The summed E-state index contributed by atoms with van der Waals surface area (Å²) < 4.78 is 1.73. The van der Waals surface area contributed by atoms with Crippen molar-refractivity contribution in [3.05, 3.63) is 30.0 Å². The van der Waals surface area contributed by atoms with Gasteiger partial charge in [-0.1, -0.05) is 17.3 Å². The Labute approximate surface area is 82.4 Å². The fourth-order valence-electron chi connectivity index (χ4n) is 1.35. The summed E-state index contributed by atoms with van der Waals surface area (Å²) in [5, 5.41) is 7.69. The summed E-state index contributed by atoms with van der Waals surface area (Å²) in [4.78, 5) is 0. The van der Waals surface area contributed by atoms with E-state index < -0.39 is 0 Å². The molecule has 2 rings (SSSR count). The lowest BCUT2D eigenvalue weighted by atomic mass is 10.1. The van der Waals surface area contributed by atoms with Gasteiger partial charge in [0.15, 0.2) is 0 Å². The number of anilines is 1. The SMILES string of the molecule is Cc1ccc(-c2cnnn2C)cc1N. The third-order valence-electron chi connectivity index (χ3n) is 2.29. The molecule has 72 valence electrons. The lowest BCUT2D eigenvalue weighted by Crippen LogP contribution is -1.95. The number of nitrogens with two attached hydrogens (primary N) is 1. The van der Waals surface area contributed by atoms with Crippen LogP contribution in [0.4, 0.5) is 5.69 Å². The van der Waals surface area contributed by atoms with Gasteiger partial charge in [0.05, 0.1) is 11.9 Å². The van der Waals surface area contributed by atoms with Crippen LogP contribution >= 0.6 is 0 Å². The molecule has 0 atom stereocenters. The van der Waals surface area contributed by atoms with Crippen LogP contribution in [0.15, 0.2) is 24.4 Å². The van der Waals surface area contributed by atoms with Gasteiger partial charge in [0, 0.05) is 18.3 Å². The van der Waals surface area contributed by atoms with Gasteiger partial charge in [-0.05, 0) is 18.6 Å². The Morgan fingerprint density at radius 2 is 2.14 bits per heavy atom. The van der Waals surface area contributed by atoms with Crippen molar-refractivity contribution in [1.29, 1.82) is 0 Å². The molecule has 1 aromatic carbocycles. The van der Waals surface area contributed by atoms with Crippen LogP contribution in [0.5, 0.6) is 0 Å². The summed E-state index contributed by atoms with van der Waals surface area (Å²) >= 11 is 0. The third kappa shape index (κ3) is 1.35. The Bertz CT molecular complexity index is 459. The fourth-order valence-corrected chi connectivity index (χ4v) is 1.35. The molecule has 1 heterocycles. The minimum absolute atomic E-state index is 0.795. The lowest BCUT2D eigenvalue weighted by molar-refractivity contribution is 0.720. The van der Waals surface area contributed by atoms with E-state index >= 15 is 0 Å². The molecule has 0 aliphatic heterocycles. The van der Waals surface area contributed by atoms with Crippen molar-refractivity contribution >= 4 is 5.69 Å². The van der Waals surface area contributed by atoms with Gasteiger partial charge < -0.3 is 5.73 Å². The predicted octanol–water partition coefficient (Wildman–Crippen LogP) is 1.37. The molecule has 14 heavy (non-hydrogen) atoms. The first-order valence-corrected chi connectivity index (χ1v) is 4.39. The van der Waals surface area contributed by atoms with Crippen LogP contribution in [0.25, 0.3) is 11.3 Å². The number of benzene rings is 1. The van der Waals surface area contributed by atoms with Crippen LogP contribution in [-0.2, 0) is 7.05 Å². The molecule has 0 saturated carbocycles. The molecule has 0 aliphatic rings. The summed E-state index contributed by atoms with van der Waals surface area (Å²) in [6, 6.07) is 5.95. The Morgan fingerprint density at radius 1 is 1.36 bits per heavy atom. The summed E-state index contributed by atoms with van der Waals surface area (Å²) in [6.45, 7) is 1.99. The van der Waals surface area contributed by atoms with Gasteiger partial charge in [-0.15, -0.1) is 5.10 Å². The highest BCUT2D eigenvalue weighted by Crippen LogP contribution is 2.21. The number of aryl methyl sites for hydroxylation is 2. The minimum Gasteiger partial charge on any atom is -0.398 e. The molecule has 0 amide bonds. The highest BCUT2D eigenvalue weighted by molar-refractivity contribution is 5.65. The first-order chi connectivity index (χ1) is 6.68. The van der Waals surface area contributed by atoms with E-state index in [-0.39, 0.29) is 0 Å². The minimum atomic E-state index is 0.795. The number of rotatable bonds is 1. The molecule has 4 heteroatoms. The maximum atomic E-state index is 5.83. The maximum Gasteiger partial charge on any atom is 0.0882 e. The second kappa shape index (κ2) is 3.14. The van der Waals surface area contributed by atoms with E-state index in [9.17, 15) is 0 Å². The average molecular weight is 188 g/mol. The molecule has 0 saturated heterocycles. The zero-order valence-electron chi connectivity index (χ0n) is 8.23. The van der Waals surface area contributed by atoms with E-state index in [1.54, 1.807) is 10.9 Å². The molecule has 0 spiro atoms. The van der Waals surface area contributed by atoms with Gasteiger partial charge in [0.1, 0.15) is 0 Å². The first kappa shape index (κ1) is 8.74. The summed E-state index contributed by atoms with van der Waals surface area (Å²) in [5.41, 5.74) is 9.72. The van der Waals surface area contributed by atoms with E-state index in [0.29, 0.717) is 0 Å². The van der Waals surface area contributed by atoms with Gasteiger partial charge in [-0.25, -0.2) is 4.68 Å². The predicted molar refractivity (Wildman–Crippen MR) is 55.6 cm³/mol. The fraction of sp³-hybridized carbons (Fsp3) is 0.200. The molecule has 0 bridgehead atoms. The number of nitrogen functional groups attached to an aromatic ring is 1. The van der Waals surface area contributed by atoms with E-state index in [4.69, 9.17) is 5.73 Å². The summed E-state index contributed by atoms with van der Waals surface area (Å²) in [5.74, 6) is 0. The topological polar surface area (TPSA) is 56.7 Å². The molecule has 0 aliphatic carbocycles. The molecule has 1 aromatic heterocycles. The van der Waals surface area contributed by atoms with Gasteiger partial charge in [0.25, 0.3) is 0 Å². The molecule has 0 fully saturated rings. The number of nitrogens with zero attached hydrogens (tertiary/aromatic N) is 3. The second-order valence-corrected chi connectivity index (χ2v) is 3.31. The maximum absolute atomic E-state index is 5.83. The van der Waals surface area contributed by atoms with Crippen molar-refractivity contribution in [3.8, 4) is 11.3 Å². The van der Waals surface area contributed by atoms with Crippen LogP contribution in [0.2, 0.25) is 0 Å². The van der Waals surface area contributed by atoms with Crippen LogP contribution < -0.4 is 5.73 Å². The number of hydrogen-bond donors (Lipinski definition) is 1. The Balaban J connectivity index is 2.53. The summed E-state index contributed by atoms with van der Waals surface area (Å²) in [7, 11) is 1.86. The molecule has 0 unspecified atom stereocenters. The molecule has 2 N–H and O–H groups in total. The van der Waals surface area contributed by atoms with Crippen LogP contribution in [0, 0.1) is 6.92 Å². The lowest BCUT2D eigenvalue weighted by Gasteiger charge is -2.04. The molecule has 4 nitrogen and oxygen atoms in total. The monoisotopic (exact) mass is 188 g/mol. The van der Waals surface area contributed by atoms with Crippen LogP contribution in [0.1, 0.15) is 5.56 Å². The normalized spacial score (nSPS) is 10.4. The van der Waals surface area contributed by atoms with E-state index in [2.05, 4.69) is 10.3 Å². The molecule has 2 aromatic rings. The molecule has 0 radical (unpaired) electrons. The van der Waals surface area contributed by atoms with Gasteiger partial charge in [-0.2, -0.15) is 0 Å². The van der Waals surface area contributed by atoms with Crippen molar-refractivity contribution in [2.45, 2.75) is 6.92 Å². The van der Waals surface area contributed by atoms with Crippen molar-refractivity contribution in [3.63, 3.8) is 0 Å². The average Bonchev–Trinajstić information content (AvgIpc) is 2.57. The largest absolute Gasteiger partial charge is 0.398 e. The third-order valence-corrected chi connectivity index (χ3v) is 2.29. The summed E-state index contributed by atoms with van der Waals surface area (Å²) in [6.07, 6.45) is 1.73. The van der Waals surface area contributed by atoms with E-state index in [1.165, 1.54) is 0 Å². The van der Waals surface area contributed by atoms with Crippen LogP contribution in [-0.4, -0.2) is 15.0 Å². The van der Waals surface area contributed by atoms with E-state index in [1.807, 2.05) is 32.2 Å². The number of hydrogen-bond acceptors (Lipinski definition) is 3. The molecular weight excluding hydrogens is 176 g/mol. The number of aromatic nitrogens is 3. The van der Waals surface area contributed by atoms with Gasteiger partial charge in [-0.3, -0.25) is 0 Å². The zero-order valence-corrected chi connectivity index (χ0v) is 8.23. The van der Waals surface area contributed by atoms with E-state index in [0.717, 1.165) is 22.5 Å². The van der Waals surface area contributed by atoms with Crippen molar-refractivity contribution in [2.24, 2.45) is 7.05 Å². The quantitative estimate of drug-likeness (QED) is 0.688. The van der Waals surface area contributed by atoms with Crippen LogP contribution in [0.3, 0.4) is 0 Å². The smallest absolute Gasteiger partial charge is 0.0882 e. The van der Waals surface area contributed by atoms with Crippen molar-refractivity contribution < 1.29 is 0 Å². The Kier molecular flexibility index (Phi) is 1.96. The van der Waals surface area contributed by atoms with Crippen molar-refractivity contribution in [2.75, 3.05) is 5.73 Å². The molecular formula is C10H12N4. The van der Waals surface area contributed by atoms with Gasteiger partial charge >= 0.3 is 0 Å². The first-order valence-electron chi connectivity index (χ1n) is 4.39. The Morgan fingerprint density at radius 3 is 2.71 bits per heavy atom. The second-order valence-electron chi connectivity index (χ2n) is 3.31. The Hall–Kier alpha value is -1.84. The highest BCUT2D eigenvalue weighted by Gasteiger charge is 2.04. The highest BCUT2D eigenvalue weighted by atomic mass is 15.4.